The molecule has 0 aliphatic carbocycles. The number of carbonyl (C=O) groups excluding carboxylic acids is 1. The number of thioether (sulfide) groups is 8. The molecule has 220 valence electrons. The fourth-order valence-corrected chi connectivity index (χ4v) is 17.2. The molecule has 4 rings (SSSR count). The molecule has 0 aromatic heterocycles. The Hall–Kier alpha value is 1.49. The second-order valence-electron chi connectivity index (χ2n) is 10.3. The van der Waals surface area contributed by atoms with Gasteiger partial charge in [-0.3, -0.25) is 4.79 Å². The summed E-state index contributed by atoms with van der Waals surface area (Å²) in [7, 11) is 0. The zero-order valence-electron chi connectivity index (χ0n) is 23.3. The van der Waals surface area contributed by atoms with E-state index in [0.29, 0.717) is 18.3 Å². The minimum absolute atomic E-state index is 0.00302. The summed E-state index contributed by atoms with van der Waals surface area (Å²) < 4.78 is 14.5. The van der Waals surface area contributed by atoms with E-state index < -0.39 is 0 Å². The van der Waals surface area contributed by atoms with Gasteiger partial charge < -0.3 is 4.74 Å². The van der Waals surface area contributed by atoms with Gasteiger partial charge in [-0.15, -0.1) is 47.0 Å². The second-order valence-corrected chi connectivity index (χ2v) is 20.4. The minimum Gasteiger partial charge on any atom is -0.464 e. The predicted molar refractivity (Wildman–Crippen MR) is 191 cm³/mol. The quantitative estimate of drug-likeness (QED) is 0.103. The molecule has 0 aromatic rings. The van der Waals surface area contributed by atoms with Crippen LogP contribution in [0.4, 0.5) is 0 Å². The minimum atomic E-state index is -0.00302. The van der Waals surface area contributed by atoms with E-state index in [-0.39, 0.29) is 5.97 Å². The van der Waals surface area contributed by atoms with Crippen LogP contribution >= 0.6 is 94.1 Å². The molecule has 0 fully saturated rings. The van der Waals surface area contributed by atoms with Crippen molar-refractivity contribution in [3.8, 4) is 0 Å². The Morgan fingerprint density at radius 2 is 1.08 bits per heavy atom. The van der Waals surface area contributed by atoms with Gasteiger partial charge in [-0.2, -0.15) is 0 Å². The van der Waals surface area contributed by atoms with Crippen molar-refractivity contribution >= 4 is 100 Å². The number of carbonyl (C=O) groups is 1. The lowest BCUT2D eigenvalue weighted by Gasteiger charge is -2.21. The van der Waals surface area contributed by atoms with Gasteiger partial charge in [-0.05, 0) is 6.42 Å². The molecule has 2 nitrogen and oxygen atoms in total. The number of unbranched alkanes of at least 4 members (excludes halogenated alkanes) is 14. The maximum atomic E-state index is 12.3. The van der Waals surface area contributed by atoms with Gasteiger partial charge in [-0.25, -0.2) is 0 Å². The first-order valence-electron chi connectivity index (χ1n) is 14.9. The van der Waals surface area contributed by atoms with E-state index in [4.69, 9.17) is 4.74 Å². The lowest BCUT2D eigenvalue weighted by Crippen LogP contribution is -2.19. The smallest absolute Gasteiger partial charge is 0.305 e. The van der Waals surface area contributed by atoms with Crippen molar-refractivity contribution in [3.05, 3.63) is 25.4 Å². The molecular formula is C29H44O2S8. The first-order chi connectivity index (χ1) is 19.2. The Labute approximate surface area is 271 Å². The van der Waals surface area contributed by atoms with Crippen molar-refractivity contribution in [1.82, 2.24) is 0 Å². The Kier molecular flexibility index (Phi) is 16.9. The summed E-state index contributed by atoms with van der Waals surface area (Å²) in [5.74, 6) is 3.50. The molecule has 39 heavy (non-hydrogen) atoms. The van der Waals surface area contributed by atoms with Gasteiger partial charge in [0, 0.05) is 23.7 Å². The van der Waals surface area contributed by atoms with E-state index in [1.54, 1.807) is 0 Å². The van der Waals surface area contributed by atoms with Crippen molar-refractivity contribution in [1.29, 1.82) is 0 Å². The summed E-state index contributed by atoms with van der Waals surface area (Å²) in [6, 6.07) is 0. The highest BCUT2D eigenvalue weighted by Gasteiger charge is 2.35. The van der Waals surface area contributed by atoms with Crippen molar-refractivity contribution in [3.63, 3.8) is 0 Å². The molecule has 1 unspecified atom stereocenters. The molecule has 4 aliphatic heterocycles. The summed E-state index contributed by atoms with van der Waals surface area (Å²) in [5.41, 5.74) is 0. The maximum Gasteiger partial charge on any atom is 0.305 e. The van der Waals surface area contributed by atoms with Crippen LogP contribution in [0.5, 0.6) is 0 Å². The van der Waals surface area contributed by atoms with Crippen LogP contribution in [0.3, 0.4) is 0 Å². The average molecular weight is 681 g/mol. The molecule has 1 atom stereocenters. The highest BCUT2D eigenvalue weighted by Crippen LogP contribution is 2.68. The van der Waals surface area contributed by atoms with Crippen LogP contribution in [-0.2, 0) is 9.53 Å². The number of esters is 1. The maximum absolute atomic E-state index is 12.3. The third-order valence-corrected chi connectivity index (χ3v) is 19.2. The molecule has 10 heteroatoms. The van der Waals surface area contributed by atoms with E-state index in [9.17, 15) is 4.79 Å². The van der Waals surface area contributed by atoms with Gasteiger partial charge in [0.05, 0.1) is 30.7 Å². The SMILES string of the molecule is CCCCCCCCCCCCCCCCCC(=O)OCC1CSC2=C(SC(=C3SC4=C(SCCS4)S3)S2)S1. The monoisotopic (exact) mass is 680 g/mol. The second kappa shape index (κ2) is 19.7. The highest BCUT2D eigenvalue weighted by molar-refractivity contribution is 8.45. The van der Waals surface area contributed by atoms with Crippen LogP contribution in [-0.4, -0.2) is 35.1 Å². The number of rotatable bonds is 18. The van der Waals surface area contributed by atoms with Crippen molar-refractivity contribution in [2.75, 3.05) is 23.9 Å². The Morgan fingerprint density at radius 3 is 1.62 bits per heavy atom. The number of hydrogen-bond donors (Lipinski definition) is 0. The summed E-state index contributed by atoms with van der Waals surface area (Å²) in [6.07, 6.45) is 20.8. The van der Waals surface area contributed by atoms with Crippen LogP contribution in [0.25, 0.3) is 0 Å². The van der Waals surface area contributed by atoms with Gasteiger partial charge in [0.1, 0.15) is 6.61 Å². The number of hydrogen-bond acceptors (Lipinski definition) is 10. The normalized spacial score (nSPS) is 21.1. The van der Waals surface area contributed by atoms with Crippen molar-refractivity contribution < 1.29 is 9.53 Å². The van der Waals surface area contributed by atoms with Gasteiger partial charge in [0.25, 0.3) is 0 Å². The molecule has 0 radical (unpaired) electrons. The largest absolute Gasteiger partial charge is 0.464 e. The van der Waals surface area contributed by atoms with Crippen molar-refractivity contribution in [2.45, 2.75) is 115 Å². The van der Waals surface area contributed by atoms with Crippen LogP contribution < -0.4 is 0 Å². The summed E-state index contributed by atoms with van der Waals surface area (Å²) in [6.45, 7) is 2.84. The van der Waals surface area contributed by atoms with Crippen LogP contribution in [0, 0.1) is 0 Å². The van der Waals surface area contributed by atoms with Crippen molar-refractivity contribution in [2.24, 2.45) is 0 Å². The van der Waals surface area contributed by atoms with E-state index in [0.717, 1.165) is 18.6 Å². The summed E-state index contributed by atoms with van der Waals surface area (Å²) in [4.78, 5) is 12.3. The summed E-state index contributed by atoms with van der Waals surface area (Å²) in [5, 5.41) is 0.373. The molecule has 0 amide bonds. The molecule has 0 saturated heterocycles. The molecule has 0 bridgehead atoms. The van der Waals surface area contributed by atoms with E-state index in [2.05, 4.69) is 6.92 Å². The van der Waals surface area contributed by atoms with Crippen LogP contribution in [0.15, 0.2) is 25.4 Å². The zero-order valence-corrected chi connectivity index (χ0v) is 29.8. The molecule has 0 aromatic carbocycles. The van der Waals surface area contributed by atoms with Gasteiger partial charge in [0.15, 0.2) is 0 Å². The van der Waals surface area contributed by atoms with Crippen LogP contribution in [0.2, 0.25) is 0 Å². The Morgan fingerprint density at radius 1 is 0.615 bits per heavy atom. The fourth-order valence-electron chi connectivity index (χ4n) is 4.65. The topological polar surface area (TPSA) is 26.3 Å². The zero-order chi connectivity index (χ0) is 27.1. The molecule has 4 aliphatic rings. The Balaban J connectivity index is 0.968. The third-order valence-electron chi connectivity index (χ3n) is 6.88. The number of ether oxygens (including phenoxy) is 1. The van der Waals surface area contributed by atoms with Gasteiger partial charge >= 0.3 is 5.97 Å². The summed E-state index contributed by atoms with van der Waals surface area (Å²) >= 11 is 15.8. The van der Waals surface area contributed by atoms with Gasteiger partial charge in [-0.1, -0.05) is 144 Å². The lowest BCUT2D eigenvalue weighted by molar-refractivity contribution is -0.143. The van der Waals surface area contributed by atoms with E-state index in [1.165, 1.54) is 120 Å². The molecule has 4 heterocycles. The van der Waals surface area contributed by atoms with Crippen LogP contribution in [0.1, 0.15) is 110 Å². The standard InChI is InChI=1S/C29H44O2S8/c1-2-3-4-5-6-7-8-9-10-11-12-13-14-15-16-17-23(30)31-20-22-21-34-26-27(35-22)39-29(38-26)28-36-24-25(37-28)33-19-18-32-24/h22H,2-21H2,1H3. The molecule has 0 saturated carbocycles. The fraction of sp³-hybridized carbons (Fsp3) is 0.759. The highest BCUT2D eigenvalue weighted by atomic mass is 32.3. The molecular weight excluding hydrogens is 637 g/mol. The van der Waals surface area contributed by atoms with E-state index >= 15 is 0 Å². The Bertz CT molecular complexity index is 865. The first kappa shape index (κ1) is 33.4. The molecule has 0 spiro atoms. The molecule has 0 N–H and O–H groups in total. The lowest BCUT2D eigenvalue weighted by atomic mass is 10.0. The average Bonchev–Trinajstić information content (AvgIpc) is 3.58. The predicted octanol–water partition coefficient (Wildman–Crippen LogP) is 12.5. The third kappa shape index (κ3) is 12.2. The van der Waals surface area contributed by atoms with E-state index in [1.807, 2.05) is 94.1 Å². The first-order valence-corrected chi connectivity index (χ1v) is 22.0. The van der Waals surface area contributed by atoms with Gasteiger partial charge in [0.2, 0.25) is 0 Å².